The van der Waals surface area contributed by atoms with Crippen LogP contribution in [0.1, 0.15) is 27.9 Å². The van der Waals surface area contributed by atoms with Crippen LogP contribution in [0, 0.1) is 10.1 Å². The van der Waals surface area contributed by atoms with E-state index in [0.29, 0.717) is 17.9 Å². The predicted molar refractivity (Wildman–Crippen MR) is 118 cm³/mol. The van der Waals surface area contributed by atoms with E-state index in [2.05, 4.69) is 26.3 Å². The van der Waals surface area contributed by atoms with Gasteiger partial charge in [-0.15, -0.1) is 12.4 Å². The maximum absolute atomic E-state index is 12.5. The van der Waals surface area contributed by atoms with Crippen molar-refractivity contribution in [1.82, 2.24) is 25.1 Å². The van der Waals surface area contributed by atoms with E-state index in [1.54, 1.807) is 30.9 Å². The Bertz CT molecular complexity index is 1010. The third kappa shape index (κ3) is 5.75. The summed E-state index contributed by atoms with van der Waals surface area (Å²) in [4.78, 5) is 39.5. The summed E-state index contributed by atoms with van der Waals surface area (Å²) < 4.78 is 2.97. The largest absolute Gasteiger partial charge is 0.355 e. The number of nitro groups is 1. The van der Waals surface area contributed by atoms with E-state index in [1.807, 2.05) is 6.92 Å². The fourth-order valence-corrected chi connectivity index (χ4v) is 3.04. The Hall–Kier alpha value is -3.54. The molecule has 0 aliphatic carbocycles. The van der Waals surface area contributed by atoms with Crippen molar-refractivity contribution in [3.05, 3.63) is 46.0 Å². The molecule has 12 nitrogen and oxygen atoms in total. The average molecular weight is 453 g/mol. The van der Waals surface area contributed by atoms with Crippen LogP contribution in [0.15, 0.2) is 29.5 Å². The minimum absolute atomic E-state index is 0. The monoisotopic (exact) mass is 452 g/mol. The first-order valence-corrected chi connectivity index (χ1v) is 9.36. The van der Waals surface area contributed by atoms with Crippen LogP contribution in [0.3, 0.4) is 0 Å². The van der Waals surface area contributed by atoms with Gasteiger partial charge >= 0.3 is 0 Å². The Morgan fingerprint density at radius 2 is 1.90 bits per heavy atom. The third-order valence-electron chi connectivity index (χ3n) is 4.56. The highest BCUT2D eigenvalue weighted by molar-refractivity contribution is 6.04. The van der Waals surface area contributed by atoms with Gasteiger partial charge in [-0.25, -0.2) is 0 Å². The van der Waals surface area contributed by atoms with Crippen molar-refractivity contribution < 1.29 is 14.5 Å². The van der Waals surface area contributed by atoms with Crippen molar-refractivity contribution in [3.63, 3.8) is 0 Å². The molecule has 1 atom stereocenters. The second-order valence-electron chi connectivity index (χ2n) is 7.04. The van der Waals surface area contributed by atoms with Crippen LogP contribution in [0.4, 0.5) is 11.4 Å². The van der Waals surface area contributed by atoms with Gasteiger partial charge in [0.1, 0.15) is 11.4 Å². The van der Waals surface area contributed by atoms with Gasteiger partial charge in [-0.1, -0.05) is 0 Å². The quantitative estimate of drug-likeness (QED) is 0.357. The molecule has 4 N–H and O–H groups in total. The molecule has 2 amide bonds. The molecular weight excluding hydrogens is 428 g/mol. The van der Waals surface area contributed by atoms with Crippen LogP contribution in [-0.2, 0) is 14.1 Å². The zero-order chi connectivity index (χ0) is 21.8. The van der Waals surface area contributed by atoms with Gasteiger partial charge in [0.2, 0.25) is 0 Å². The Labute approximate surface area is 184 Å². The maximum atomic E-state index is 12.5. The molecule has 0 saturated carbocycles. The number of halogens is 1. The second-order valence-corrected chi connectivity index (χ2v) is 7.04. The molecule has 0 radical (unpaired) electrons. The highest BCUT2D eigenvalue weighted by Crippen LogP contribution is 2.18. The number of hydrogen-bond donors (Lipinski definition) is 4. The number of amides is 2. The number of carbonyl (C=O) groups is 2. The smallest absolute Gasteiger partial charge is 0.287 e. The van der Waals surface area contributed by atoms with Gasteiger partial charge < -0.3 is 30.4 Å². The molecule has 0 fully saturated rings. The number of rotatable bonds is 7. The summed E-state index contributed by atoms with van der Waals surface area (Å²) in [5.41, 5.74) is 0.746. The first-order valence-electron chi connectivity index (χ1n) is 9.36. The van der Waals surface area contributed by atoms with E-state index in [9.17, 15) is 19.7 Å². The molecule has 168 valence electrons. The SMILES string of the molecule is CC(CNC(=O)c1cc(NC(=O)c2cc([N+](=O)[O-])cn2C)cn1C)NC1=NCCN1.Cl. The summed E-state index contributed by atoms with van der Waals surface area (Å²) in [5.74, 6) is -0.0742. The molecule has 1 aliphatic rings. The Morgan fingerprint density at radius 3 is 2.52 bits per heavy atom. The third-order valence-corrected chi connectivity index (χ3v) is 4.56. The number of aryl methyl sites for hydroxylation is 2. The van der Waals surface area contributed by atoms with Crippen molar-refractivity contribution in [2.24, 2.45) is 19.1 Å². The topological polar surface area (TPSA) is 148 Å². The molecule has 0 spiro atoms. The maximum Gasteiger partial charge on any atom is 0.287 e. The molecule has 0 saturated heterocycles. The van der Waals surface area contributed by atoms with E-state index in [-0.39, 0.29) is 35.7 Å². The molecule has 0 aromatic carbocycles. The first-order chi connectivity index (χ1) is 14.2. The Balaban J connectivity index is 0.00000341. The van der Waals surface area contributed by atoms with Crippen LogP contribution in [0.25, 0.3) is 0 Å². The number of anilines is 1. The lowest BCUT2D eigenvalue weighted by molar-refractivity contribution is -0.384. The Morgan fingerprint density at radius 1 is 1.23 bits per heavy atom. The zero-order valence-electron chi connectivity index (χ0n) is 17.3. The predicted octanol–water partition coefficient (Wildman–Crippen LogP) is 0.613. The normalized spacial score (nSPS) is 13.5. The molecule has 13 heteroatoms. The van der Waals surface area contributed by atoms with Crippen molar-refractivity contribution >= 4 is 41.6 Å². The molecule has 2 aromatic rings. The highest BCUT2D eigenvalue weighted by atomic mass is 35.5. The fraction of sp³-hybridized carbons (Fsp3) is 0.389. The molecule has 31 heavy (non-hydrogen) atoms. The number of nitrogens with one attached hydrogen (secondary N) is 4. The summed E-state index contributed by atoms with van der Waals surface area (Å²) in [5, 5.41) is 22.7. The summed E-state index contributed by atoms with van der Waals surface area (Å²) in [7, 11) is 3.24. The van der Waals surface area contributed by atoms with Crippen LogP contribution >= 0.6 is 12.4 Å². The number of guanidine groups is 1. The fourth-order valence-electron chi connectivity index (χ4n) is 3.04. The van der Waals surface area contributed by atoms with Crippen LogP contribution in [0.5, 0.6) is 0 Å². The van der Waals surface area contributed by atoms with E-state index in [4.69, 9.17) is 0 Å². The van der Waals surface area contributed by atoms with Gasteiger partial charge in [0, 0.05) is 45.5 Å². The zero-order valence-corrected chi connectivity index (χ0v) is 18.2. The number of aromatic nitrogens is 2. The number of carbonyl (C=O) groups excluding carboxylic acids is 2. The first kappa shape index (κ1) is 23.7. The van der Waals surface area contributed by atoms with Crippen molar-refractivity contribution in [1.29, 1.82) is 0 Å². The van der Waals surface area contributed by atoms with E-state index >= 15 is 0 Å². The minimum atomic E-state index is -0.563. The highest BCUT2D eigenvalue weighted by Gasteiger charge is 2.19. The molecular formula is C18H25ClN8O4. The van der Waals surface area contributed by atoms with Gasteiger partial charge in [0.05, 0.1) is 23.4 Å². The van der Waals surface area contributed by atoms with Crippen molar-refractivity contribution in [2.75, 3.05) is 25.0 Å². The van der Waals surface area contributed by atoms with Crippen molar-refractivity contribution in [2.45, 2.75) is 13.0 Å². The van der Waals surface area contributed by atoms with E-state index < -0.39 is 10.8 Å². The molecule has 3 rings (SSSR count). The van der Waals surface area contributed by atoms with Gasteiger partial charge in [-0.3, -0.25) is 24.7 Å². The minimum Gasteiger partial charge on any atom is -0.355 e. The molecule has 2 aromatic heterocycles. The standard InChI is InChI=1S/C18H24N8O4.ClH/c1-11(22-18-19-4-5-20-18)8-21-16(27)14-6-12(9-24(14)2)23-17(28)15-7-13(26(29)30)10-25(15)3;/h6-7,9-11H,4-5,8H2,1-3H3,(H,21,27)(H,23,28)(H2,19,20,22);1H. The van der Waals surface area contributed by atoms with Gasteiger partial charge in [-0.2, -0.15) is 0 Å². The van der Waals surface area contributed by atoms with E-state index in [1.165, 1.54) is 16.8 Å². The van der Waals surface area contributed by atoms with Crippen molar-refractivity contribution in [3.8, 4) is 0 Å². The molecule has 1 aliphatic heterocycles. The van der Waals surface area contributed by atoms with Gasteiger partial charge in [-0.05, 0) is 13.0 Å². The number of nitrogens with zero attached hydrogens (tertiary/aromatic N) is 4. The molecule has 3 heterocycles. The van der Waals surface area contributed by atoms with Gasteiger partial charge in [0.25, 0.3) is 17.5 Å². The number of hydrogen-bond acceptors (Lipinski definition) is 7. The lowest BCUT2D eigenvalue weighted by Gasteiger charge is -2.16. The molecule has 0 bridgehead atoms. The summed E-state index contributed by atoms with van der Waals surface area (Å²) in [6.07, 6.45) is 2.86. The number of aliphatic imine (C=N–C) groups is 1. The van der Waals surface area contributed by atoms with Crippen LogP contribution in [0.2, 0.25) is 0 Å². The molecule has 1 unspecified atom stereocenters. The lowest BCUT2D eigenvalue weighted by atomic mass is 10.3. The van der Waals surface area contributed by atoms with E-state index in [0.717, 1.165) is 19.0 Å². The Kier molecular flexibility index (Phi) is 7.64. The second kappa shape index (κ2) is 9.98. The lowest BCUT2D eigenvalue weighted by Crippen LogP contribution is -2.45. The summed E-state index contributed by atoms with van der Waals surface area (Å²) >= 11 is 0. The van der Waals surface area contributed by atoms with Crippen LogP contribution in [-0.4, -0.2) is 57.5 Å². The summed E-state index contributed by atoms with van der Waals surface area (Å²) in [6, 6.07) is 2.72. The van der Waals surface area contributed by atoms with Crippen LogP contribution < -0.4 is 21.3 Å². The van der Waals surface area contributed by atoms with Gasteiger partial charge in [0.15, 0.2) is 5.96 Å². The summed E-state index contributed by atoms with van der Waals surface area (Å²) in [6.45, 7) is 3.85. The average Bonchev–Trinajstić information content (AvgIpc) is 3.40.